The van der Waals surface area contributed by atoms with Crippen LogP contribution in [0.2, 0.25) is 0 Å². The van der Waals surface area contributed by atoms with Gasteiger partial charge in [0.05, 0.1) is 0 Å². The van der Waals surface area contributed by atoms with E-state index in [1.54, 1.807) is 0 Å². The number of rotatable bonds is 2. The van der Waals surface area contributed by atoms with Crippen molar-refractivity contribution >= 4 is 6.03 Å². The first kappa shape index (κ1) is 11.3. The Labute approximate surface area is 103 Å². The molecule has 4 N–H and O–H groups in total. The zero-order chi connectivity index (χ0) is 12.0. The molecule has 0 spiro atoms. The highest BCUT2D eigenvalue weighted by Crippen LogP contribution is 2.57. The van der Waals surface area contributed by atoms with Crippen LogP contribution in [-0.4, -0.2) is 12.1 Å². The number of nitrogens with two attached hydrogens (primary N) is 1. The Kier molecular flexibility index (Phi) is 2.77. The fourth-order valence-corrected chi connectivity index (χ4v) is 5.13. The number of hydrazine groups is 1. The minimum Gasteiger partial charge on any atom is -0.334 e. The minimum absolute atomic E-state index is 0.244. The molecule has 4 fully saturated rings. The molecular formula is C13H23N3O. The van der Waals surface area contributed by atoms with Gasteiger partial charge in [0.25, 0.3) is 0 Å². The van der Waals surface area contributed by atoms with Crippen molar-refractivity contribution in [1.29, 1.82) is 0 Å². The lowest BCUT2D eigenvalue weighted by Crippen LogP contribution is -2.55. The molecule has 0 heterocycles. The van der Waals surface area contributed by atoms with Gasteiger partial charge in [-0.3, -0.25) is 5.43 Å². The van der Waals surface area contributed by atoms with E-state index >= 15 is 0 Å². The number of carbonyl (C=O) groups is 1. The van der Waals surface area contributed by atoms with Crippen molar-refractivity contribution in [2.24, 2.45) is 35.4 Å². The molecule has 1 atom stereocenters. The predicted octanol–water partition coefficient (Wildman–Crippen LogP) is 1.62. The van der Waals surface area contributed by atoms with Gasteiger partial charge in [0.15, 0.2) is 0 Å². The van der Waals surface area contributed by atoms with Crippen molar-refractivity contribution in [2.45, 2.75) is 45.1 Å². The van der Waals surface area contributed by atoms with Crippen molar-refractivity contribution in [3.8, 4) is 0 Å². The van der Waals surface area contributed by atoms with Gasteiger partial charge < -0.3 is 5.32 Å². The molecule has 4 saturated carbocycles. The van der Waals surface area contributed by atoms with E-state index in [1.165, 1.54) is 32.1 Å². The zero-order valence-electron chi connectivity index (χ0n) is 10.5. The largest absolute Gasteiger partial charge is 0.334 e. The molecule has 0 aromatic heterocycles. The molecule has 4 rings (SSSR count). The lowest BCUT2D eigenvalue weighted by molar-refractivity contribution is -0.0475. The van der Waals surface area contributed by atoms with Gasteiger partial charge in [0, 0.05) is 6.04 Å². The van der Waals surface area contributed by atoms with Crippen molar-refractivity contribution < 1.29 is 4.79 Å². The summed E-state index contributed by atoms with van der Waals surface area (Å²) in [5.74, 6) is 9.49. The zero-order valence-corrected chi connectivity index (χ0v) is 10.5. The number of amides is 2. The average Bonchev–Trinajstić information content (AvgIpc) is 2.27. The van der Waals surface area contributed by atoms with E-state index in [0.29, 0.717) is 5.92 Å². The van der Waals surface area contributed by atoms with Crippen LogP contribution in [0.15, 0.2) is 0 Å². The van der Waals surface area contributed by atoms with Crippen molar-refractivity contribution in [2.75, 3.05) is 0 Å². The summed E-state index contributed by atoms with van der Waals surface area (Å²) >= 11 is 0. The van der Waals surface area contributed by atoms with Crippen LogP contribution in [0.5, 0.6) is 0 Å². The molecule has 0 saturated heterocycles. The first-order chi connectivity index (χ1) is 8.17. The summed E-state index contributed by atoms with van der Waals surface area (Å²) in [5.41, 5.74) is 2.17. The van der Waals surface area contributed by atoms with Crippen molar-refractivity contribution in [1.82, 2.24) is 10.7 Å². The lowest BCUT2D eigenvalue weighted by Gasteiger charge is -2.56. The number of hydrogen-bond acceptors (Lipinski definition) is 2. The Morgan fingerprint density at radius 2 is 1.65 bits per heavy atom. The number of carbonyl (C=O) groups excluding carboxylic acids is 1. The van der Waals surface area contributed by atoms with E-state index in [-0.39, 0.29) is 12.1 Å². The molecule has 0 aromatic rings. The van der Waals surface area contributed by atoms with Crippen LogP contribution in [0.3, 0.4) is 0 Å². The van der Waals surface area contributed by atoms with Crippen molar-refractivity contribution in [3.05, 3.63) is 0 Å². The molecule has 4 aliphatic carbocycles. The van der Waals surface area contributed by atoms with Crippen LogP contribution in [0, 0.1) is 29.6 Å². The quantitative estimate of drug-likeness (QED) is 0.388. The van der Waals surface area contributed by atoms with Crippen molar-refractivity contribution in [3.63, 3.8) is 0 Å². The van der Waals surface area contributed by atoms with E-state index in [9.17, 15) is 4.79 Å². The minimum atomic E-state index is -0.244. The Hall–Kier alpha value is -0.770. The highest BCUT2D eigenvalue weighted by molar-refractivity contribution is 5.73. The molecule has 4 bridgehead atoms. The fourth-order valence-electron chi connectivity index (χ4n) is 5.13. The van der Waals surface area contributed by atoms with Crippen LogP contribution < -0.4 is 16.6 Å². The molecule has 96 valence electrons. The van der Waals surface area contributed by atoms with Crippen LogP contribution in [-0.2, 0) is 0 Å². The van der Waals surface area contributed by atoms with E-state index in [0.717, 1.165) is 23.7 Å². The first-order valence-electron chi connectivity index (χ1n) is 6.94. The monoisotopic (exact) mass is 237 g/mol. The predicted molar refractivity (Wildman–Crippen MR) is 65.9 cm³/mol. The van der Waals surface area contributed by atoms with Gasteiger partial charge in [-0.2, -0.15) is 0 Å². The van der Waals surface area contributed by atoms with E-state index in [2.05, 4.69) is 17.7 Å². The maximum absolute atomic E-state index is 11.3. The molecule has 2 amide bonds. The van der Waals surface area contributed by atoms with Crippen LogP contribution in [0.25, 0.3) is 0 Å². The van der Waals surface area contributed by atoms with E-state index < -0.39 is 0 Å². The second-order valence-corrected chi connectivity index (χ2v) is 6.41. The van der Waals surface area contributed by atoms with Gasteiger partial charge in [0.1, 0.15) is 0 Å². The maximum atomic E-state index is 11.3. The average molecular weight is 237 g/mol. The summed E-state index contributed by atoms with van der Waals surface area (Å²) < 4.78 is 0. The van der Waals surface area contributed by atoms with Gasteiger partial charge in [-0.1, -0.05) is 0 Å². The third-order valence-corrected chi connectivity index (χ3v) is 5.37. The van der Waals surface area contributed by atoms with E-state index in [4.69, 9.17) is 5.84 Å². The smallest absolute Gasteiger partial charge is 0.329 e. The van der Waals surface area contributed by atoms with Gasteiger partial charge in [-0.15, -0.1) is 0 Å². The molecule has 4 nitrogen and oxygen atoms in total. The molecule has 4 aliphatic rings. The van der Waals surface area contributed by atoms with Crippen LogP contribution in [0.1, 0.15) is 39.0 Å². The van der Waals surface area contributed by atoms with Crippen LogP contribution in [0.4, 0.5) is 4.79 Å². The highest BCUT2D eigenvalue weighted by Gasteiger charge is 2.49. The third kappa shape index (κ3) is 1.92. The topological polar surface area (TPSA) is 67.2 Å². The number of hydrogen-bond donors (Lipinski definition) is 3. The normalized spacial score (nSPS) is 44.5. The highest BCUT2D eigenvalue weighted by atomic mass is 16.2. The summed E-state index contributed by atoms with van der Waals surface area (Å²) in [6, 6.07) is 0.0138. The fraction of sp³-hybridized carbons (Fsp3) is 0.923. The summed E-state index contributed by atoms with van der Waals surface area (Å²) in [4.78, 5) is 11.3. The summed E-state index contributed by atoms with van der Waals surface area (Å²) in [7, 11) is 0. The maximum Gasteiger partial charge on any atom is 0.329 e. The number of nitrogens with one attached hydrogen (secondary N) is 2. The summed E-state index contributed by atoms with van der Waals surface area (Å²) in [6.45, 7) is 2.14. The Morgan fingerprint density at radius 3 is 2.12 bits per heavy atom. The van der Waals surface area contributed by atoms with Gasteiger partial charge in [-0.25, -0.2) is 10.6 Å². The molecule has 0 aromatic carbocycles. The SMILES string of the molecule is CC(NC(=O)NN)C1C2CC3CC(C2)CC1C3. The Morgan fingerprint density at radius 1 is 1.12 bits per heavy atom. The molecule has 17 heavy (non-hydrogen) atoms. The lowest BCUT2D eigenvalue weighted by atomic mass is 9.50. The van der Waals surface area contributed by atoms with Crippen LogP contribution >= 0.6 is 0 Å². The second kappa shape index (κ2) is 4.16. The Bertz CT molecular complexity index is 290. The Balaban J connectivity index is 1.69. The molecule has 4 heteroatoms. The van der Waals surface area contributed by atoms with Gasteiger partial charge in [-0.05, 0) is 68.6 Å². The first-order valence-corrected chi connectivity index (χ1v) is 6.94. The molecule has 1 unspecified atom stereocenters. The second-order valence-electron chi connectivity index (χ2n) is 6.41. The summed E-state index contributed by atoms with van der Waals surface area (Å²) in [6.07, 6.45) is 7.06. The van der Waals surface area contributed by atoms with Gasteiger partial charge >= 0.3 is 6.03 Å². The van der Waals surface area contributed by atoms with Gasteiger partial charge in [0.2, 0.25) is 0 Å². The molecule has 0 aliphatic heterocycles. The standard InChI is InChI=1S/C13H23N3O/c1-7(15-13(17)16-14)12-10-3-8-2-9(5-10)6-11(12)4-8/h7-12H,2-6,14H2,1H3,(H2,15,16,17). The number of urea groups is 1. The molecule has 0 radical (unpaired) electrons. The van der Waals surface area contributed by atoms with E-state index in [1.807, 2.05) is 0 Å². The summed E-state index contributed by atoms with van der Waals surface area (Å²) in [5, 5.41) is 2.98. The third-order valence-electron chi connectivity index (χ3n) is 5.37. The molecular weight excluding hydrogens is 214 g/mol.